The van der Waals surface area contributed by atoms with E-state index in [-0.39, 0.29) is 0 Å². The topological polar surface area (TPSA) is 32.3 Å². The molecule has 0 aromatic rings. The van der Waals surface area contributed by atoms with Crippen LogP contribution in [0.3, 0.4) is 0 Å². The van der Waals surface area contributed by atoms with Crippen LogP contribution in [-0.4, -0.2) is 24.3 Å². The maximum atomic E-state index is 8.95. The zero-order valence-corrected chi connectivity index (χ0v) is 10.4. The highest BCUT2D eigenvalue weighted by atomic mass is 16.3. The molecule has 1 fully saturated rings. The summed E-state index contributed by atoms with van der Waals surface area (Å²) in [7, 11) is 0. The number of aliphatic hydroxyl groups is 1. The van der Waals surface area contributed by atoms with Gasteiger partial charge in [0.25, 0.3) is 0 Å². The minimum Gasteiger partial charge on any atom is -0.396 e. The predicted octanol–water partition coefficient (Wildman–Crippen LogP) is 2.71. The van der Waals surface area contributed by atoms with E-state index in [0.29, 0.717) is 18.1 Å². The zero-order valence-electron chi connectivity index (χ0n) is 10.4. The first-order valence-corrected chi connectivity index (χ1v) is 6.57. The molecule has 0 saturated heterocycles. The molecule has 0 radical (unpaired) electrons. The lowest BCUT2D eigenvalue weighted by Crippen LogP contribution is -2.32. The Hall–Kier alpha value is -0.0800. The summed E-state index contributed by atoms with van der Waals surface area (Å²) >= 11 is 0. The predicted molar refractivity (Wildman–Crippen MR) is 65.0 cm³/mol. The summed E-state index contributed by atoms with van der Waals surface area (Å²) in [5, 5.41) is 12.6. The van der Waals surface area contributed by atoms with Crippen LogP contribution in [0.1, 0.15) is 58.8 Å². The van der Waals surface area contributed by atoms with Gasteiger partial charge in [-0.05, 0) is 38.0 Å². The first-order valence-electron chi connectivity index (χ1n) is 6.57. The van der Waals surface area contributed by atoms with Gasteiger partial charge in [-0.2, -0.15) is 0 Å². The Morgan fingerprint density at radius 2 is 2.07 bits per heavy atom. The van der Waals surface area contributed by atoms with E-state index in [9.17, 15) is 0 Å². The maximum absolute atomic E-state index is 8.95. The second-order valence-corrected chi connectivity index (χ2v) is 5.25. The summed E-state index contributed by atoms with van der Waals surface area (Å²) in [5.41, 5.74) is 0.466. The van der Waals surface area contributed by atoms with Gasteiger partial charge in [0.1, 0.15) is 0 Å². The quantitative estimate of drug-likeness (QED) is 0.577. The largest absolute Gasteiger partial charge is 0.396 e. The Morgan fingerprint density at radius 3 is 2.60 bits per heavy atom. The van der Waals surface area contributed by atoms with Crippen LogP contribution in [0.5, 0.6) is 0 Å². The molecule has 0 aromatic carbocycles. The third-order valence-corrected chi connectivity index (χ3v) is 3.67. The Balaban J connectivity index is 2.03. The van der Waals surface area contributed by atoms with Crippen molar-refractivity contribution in [1.29, 1.82) is 0 Å². The molecular weight excluding hydrogens is 186 g/mol. The summed E-state index contributed by atoms with van der Waals surface area (Å²) in [4.78, 5) is 0. The fraction of sp³-hybridized carbons (Fsp3) is 1.00. The van der Waals surface area contributed by atoms with Crippen LogP contribution < -0.4 is 5.32 Å². The number of unbranched alkanes of at least 4 members (excludes halogenated alkanes) is 2. The van der Waals surface area contributed by atoms with Gasteiger partial charge in [0, 0.05) is 19.2 Å². The molecule has 15 heavy (non-hydrogen) atoms. The van der Waals surface area contributed by atoms with Gasteiger partial charge >= 0.3 is 0 Å². The lowest BCUT2D eigenvalue weighted by Gasteiger charge is -2.19. The van der Waals surface area contributed by atoms with Gasteiger partial charge in [-0.25, -0.2) is 0 Å². The molecule has 1 aliphatic rings. The van der Waals surface area contributed by atoms with Gasteiger partial charge in [-0.3, -0.25) is 0 Å². The van der Waals surface area contributed by atoms with E-state index in [2.05, 4.69) is 19.2 Å². The van der Waals surface area contributed by atoms with Crippen LogP contribution >= 0.6 is 0 Å². The van der Waals surface area contributed by atoms with E-state index in [1.165, 1.54) is 38.5 Å². The molecule has 1 aliphatic carbocycles. The summed E-state index contributed by atoms with van der Waals surface area (Å²) in [6, 6.07) is 0.646. The standard InChI is InChI=1S/C13H27NO/c1-3-4-5-6-12(2)14-11-13(7-8-13)9-10-15/h12,14-15H,3-11H2,1-2H3. The van der Waals surface area contributed by atoms with Gasteiger partial charge in [-0.1, -0.05) is 26.2 Å². The fourth-order valence-electron chi connectivity index (χ4n) is 2.12. The van der Waals surface area contributed by atoms with Crippen molar-refractivity contribution in [3.05, 3.63) is 0 Å². The molecule has 1 saturated carbocycles. The van der Waals surface area contributed by atoms with Crippen LogP contribution in [0, 0.1) is 5.41 Å². The van der Waals surface area contributed by atoms with Gasteiger partial charge in [0.15, 0.2) is 0 Å². The average Bonchev–Trinajstić information content (AvgIpc) is 2.97. The van der Waals surface area contributed by atoms with Crippen molar-refractivity contribution in [2.45, 2.75) is 64.8 Å². The molecule has 0 bridgehead atoms. The second-order valence-electron chi connectivity index (χ2n) is 5.25. The Bertz CT molecular complexity index is 166. The zero-order chi connectivity index (χ0) is 11.1. The normalized spacial score (nSPS) is 20.2. The van der Waals surface area contributed by atoms with E-state index in [1.807, 2.05) is 0 Å². The summed E-state index contributed by atoms with van der Waals surface area (Å²) in [6.07, 6.45) is 8.90. The molecule has 2 N–H and O–H groups in total. The monoisotopic (exact) mass is 213 g/mol. The minimum absolute atomic E-state index is 0.353. The van der Waals surface area contributed by atoms with Crippen LogP contribution in [0.2, 0.25) is 0 Å². The van der Waals surface area contributed by atoms with E-state index < -0.39 is 0 Å². The van der Waals surface area contributed by atoms with Gasteiger partial charge in [0.2, 0.25) is 0 Å². The van der Waals surface area contributed by atoms with Gasteiger partial charge in [0.05, 0.1) is 0 Å². The number of aliphatic hydroxyl groups excluding tert-OH is 1. The molecule has 2 heteroatoms. The third-order valence-electron chi connectivity index (χ3n) is 3.67. The Labute approximate surface area is 94.5 Å². The van der Waals surface area contributed by atoms with E-state index >= 15 is 0 Å². The average molecular weight is 213 g/mol. The van der Waals surface area contributed by atoms with Crippen molar-refractivity contribution in [2.24, 2.45) is 5.41 Å². The lowest BCUT2D eigenvalue weighted by molar-refractivity contribution is 0.242. The molecule has 1 atom stereocenters. The maximum Gasteiger partial charge on any atom is 0.0436 e. The molecule has 0 spiro atoms. The van der Waals surface area contributed by atoms with E-state index in [1.54, 1.807) is 0 Å². The Morgan fingerprint density at radius 1 is 1.33 bits per heavy atom. The number of hydrogen-bond donors (Lipinski definition) is 2. The van der Waals surface area contributed by atoms with Gasteiger partial charge in [-0.15, -0.1) is 0 Å². The van der Waals surface area contributed by atoms with Crippen molar-refractivity contribution < 1.29 is 5.11 Å². The van der Waals surface area contributed by atoms with Crippen LogP contribution in [-0.2, 0) is 0 Å². The smallest absolute Gasteiger partial charge is 0.0436 e. The molecule has 1 unspecified atom stereocenters. The first kappa shape index (κ1) is 13.0. The van der Waals surface area contributed by atoms with Crippen molar-refractivity contribution in [3.63, 3.8) is 0 Å². The number of hydrogen-bond acceptors (Lipinski definition) is 2. The second kappa shape index (κ2) is 6.49. The number of rotatable bonds is 9. The molecule has 0 aromatic heterocycles. The molecule has 2 nitrogen and oxygen atoms in total. The molecule has 1 rings (SSSR count). The van der Waals surface area contributed by atoms with Crippen LogP contribution in [0.4, 0.5) is 0 Å². The van der Waals surface area contributed by atoms with Crippen molar-refractivity contribution in [3.8, 4) is 0 Å². The SMILES string of the molecule is CCCCCC(C)NCC1(CCO)CC1. The molecule has 0 heterocycles. The van der Waals surface area contributed by atoms with Crippen molar-refractivity contribution in [1.82, 2.24) is 5.32 Å². The van der Waals surface area contributed by atoms with Crippen molar-refractivity contribution >= 4 is 0 Å². The molecule has 90 valence electrons. The number of nitrogens with one attached hydrogen (secondary N) is 1. The third kappa shape index (κ3) is 4.98. The highest BCUT2D eigenvalue weighted by Crippen LogP contribution is 2.47. The minimum atomic E-state index is 0.353. The Kier molecular flexibility index (Phi) is 5.62. The lowest BCUT2D eigenvalue weighted by atomic mass is 10.0. The molecule has 0 amide bonds. The summed E-state index contributed by atoms with van der Waals surface area (Å²) < 4.78 is 0. The first-order chi connectivity index (χ1) is 7.22. The van der Waals surface area contributed by atoms with Gasteiger partial charge < -0.3 is 10.4 Å². The van der Waals surface area contributed by atoms with E-state index in [4.69, 9.17) is 5.11 Å². The van der Waals surface area contributed by atoms with E-state index in [0.717, 1.165) is 13.0 Å². The fourth-order valence-corrected chi connectivity index (χ4v) is 2.12. The van der Waals surface area contributed by atoms with Crippen molar-refractivity contribution in [2.75, 3.05) is 13.2 Å². The molecular formula is C13H27NO. The summed E-state index contributed by atoms with van der Waals surface area (Å²) in [5.74, 6) is 0. The highest BCUT2D eigenvalue weighted by molar-refractivity contribution is 4.94. The van der Waals surface area contributed by atoms with Crippen LogP contribution in [0.25, 0.3) is 0 Å². The summed E-state index contributed by atoms with van der Waals surface area (Å²) in [6.45, 7) is 6.00. The highest BCUT2D eigenvalue weighted by Gasteiger charge is 2.41. The molecule has 0 aliphatic heterocycles. The van der Waals surface area contributed by atoms with Crippen LogP contribution in [0.15, 0.2) is 0 Å².